The highest BCUT2D eigenvalue weighted by Crippen LogP contribution is 2.38. The van der Waals surface area contributed by atoms with Gasteiger partial charge in [-0.15, -0.1) is 11.3 Å². The number of benzene rings is 2. The molecule has 1 aromatic heterocycles. The molecule has 0 bridgehead atoms. The van der Waals surface area contributed by atoms with Crippen molar-refractivity contribution >= 4 is 44.1 Å². The molecule has 224 valence electrons. The molecule has 0 radical (unpaired) electrons. The molecule has 3 amide bonds. The summed E-state index contributed by atoms with van der Waals surface area (Å²) < 4.78 is 27.7. The second-order valence-electron chi connectivity index (χ2n) is 10.2. The van der Waals surface area contributed by atoms with Gasteiger partial charge < -0.3 is 5.32 Å². The summed E-state index contributed by atoms with van der Waals surface area (Å²) in [5.74, 6) is -1.40. The topological polar surface area (TPSA) is 128 Å². The maximum atomic E-state index is 13.3. The zero-order valence-corrected chi connectivity index (χ0v) is 25.7. The van der Waals surface area contributed by atoms with Gasteiger partial charge in [-0.25, -0.2) is 8.42 Å². The zero-order valence-electron chi connectivity index (χ0n) is 24.1. The molecule has 0 saturated heterocycles. The summed E-state index contributed by atoms with van der Waals surface area (Å²) in [6, 6.07) is 16.0. The summed E-state index contributed by atoms with van der Waals surface area (Å²) in [6.07, 6.45) is 2.01. The van der Waals surface area contributed by atoms with Crippen molar-refractivity contribution in [3.8, 4) is 0 Å². The first-order valence-corrected chi connectivity index (χ1v) is 16.3. The number of sulfonamides is 1. The molecule has 1 aliphatic heterocycles. The van der Waals surface area contributed by atoms with Gasteiger partial charge >= 0.3 is 0 Å². The third-order valence-corrected chi connectivity index (χ3v) is 9.94. The lowest BCUT2D eigenvalue weighted by Crippen LogP contribution is -2.41. The van der Waals surface area contributed by atoms with Gasteiger partial charge in [-0.1, -0.05) is 44.2 Å². The van der Waals surface area contributed by atoms with Crippen LogP contribution in [0.15, 0.2) is 59.5 Å². The molecule has 0 atom stereocenters. The maximum Gasteiger partial charge on any atom is 0.272 e. The lowest BCUT2D eigenvalue weighted by Gasteiger charge is -2.27. The molecule has 0 fully saturated rings. The summed E-state index contributed by atoms with van der Waals surface area (Å²) in [6.45, 7) is 8.11. The van der Waals surface area contributed by atoms with Crippen LogP contribution in [0.1, 0.15) is 70.3 Å². The van der Waals surface area contributed by atoms with Crippen molar-refractivity contribution in [2.75, 3.05) is 25.0 Å². The SMILES string of the molecule is CCCN(CCC)S(=O)(=O)c1ccc(C(=O)Nc2sc3c(c2C(=O)NNC(C)=O)CCN(Cc2ccccc2)C3)cc1. The van der Waals surface area contributed by atoms with Crippen LogP contribution in [0.5, 0.6) is 0 Å². The van der Waals surface area contributed by atoms with Crippen LogP contribution in [0.4, 0.5) is 5.00 Å². The largest absolute Gasteiger partial charge is 0.313 e. The molecular weight excluding hydrogens is 574 g/mol. The predicted octanol–water partition coefficient (Wildman–Crippen LogP) is 4.15. The van der Waals surface area contributed by atoms with Crippen LogP contribution in [0, 0.1) is 0 Å². The maximum absolute atomic E-state index is 13.3. The van der Waals surface area contributed by atoms with Gasteiger partial charge in [0.05, 0.1) is 10.5 Å². The fourth-order valence-electron chi connectivity index (χ4n) is 4.92. The van der Waals surface area contributed by atoms with E-state index in [1.165, 1.54) is 52.4 Å². The Hall–Kier alpha value is -3.58. The molecule has 10 nitrogen and oxygen atoms in total. The van der Waals surface area contributed by atoms with Crippen LogP contribution in [0.2, 0.25) is 0 Å². The van der Waals surface area contributed by atoms with Gasteiger partial charge in [0.1, 0.15) is 5.00 Å². The first kappa shape index (κ1) is 31.4. The molecular formula is C30H37N5O5S2. The molecule has 3 aromatic rings. The van der Waals surface area contributed by atoms with E-state index in [4.69, 9.17) is 0 Å². The Kier molecular flexibility index (Phi) is 10.5. The molecule has 0 unspecified atom stereocenters. The molecule has 3 N–H and O–H groups in total. The number of rotatable bonds is 11. The Balaban J connectivity index is 1.56. The molecule has 0 saturated carbocycles. The number of nitrogens with zero attached hydrogens (tertiary/aromatic N) is 2. The average Bonchev–Trinajstić information content (AvgIpc) is 3.33. The number of thiophene rings is 1. The van der Waals surface area contributed by atoms with Crippen molar-refractivity contribution in [3.05, 3.63) is 81.7 Å². The third kappa shape index (κ3) is 7.43. The minimum atomic E-state index is -3.68. The summed E-state index contributed by atoms with van der Waals surface area (Å²) in [5.41, 5.74) is 7.37. The van der Waals surface area contributed by atoms with E-state index in [0.717, 1.165) is 23.5 Å². The first-order chi connectivity index (χ1) is 20.1. The van der Waals surface area contributed by atoms with Gasteiger partial charge in [-0.3, -0.25) is 30.1 Å². The van der Waals surface area contributed by atoms with Crippen molar-refractivity contribution in [2.45, 2.75) is 58.0 Å². The Morgan fingerprint density at radius 2 is 1.60 bits per heavy atom. The Labute approximate surface area is 251 Å². The van der Waals surface area contributed by atoms with Gasteiger partial charge in [-0.2, -0.15) is 4.31 Å². The highest BCUT2D eigenvalue weighted by atomic mass is 32.2. The highest BCUT2D eigenvalue weighted by molar-refractivity contribution is 7.89. The molecule has 2 heterocycles. The molecule has 42 heavy (non-hydrogen) atoms. The average molecular weight is 612 g/mol. The Bertz CT molecular complexity index is 1520. The monoisotopic (exact) mass is 611 g/mol. The number of carbonyl (C=O) groups excluding carboxylic acids is 3. The van der Waals surface area contributed by atoms with Gasteiger partial charge in [-0.05, 0) is 54.7 Å². The molecule has 0 aliphatic carbocycles. The van der Waals surface area contributed by atoms with E-state index in [1.54, 1.807) is 0 Å². The lowest BCUT2D eigenvalue weighted by atomic mass is 10.0. The summed E-state index contributed by atoms with van der Waals surface area (Å²) in [7, 11) is -3.68. The molecule has 0 spiro atoms. The molecule has 2 aromatic carbocycles. The van der Waals surface area contributed by atoms with E-state index in [0.29, 0.717) is 49.5 Å². The number of hydrogen-bond donors (Lipinski definition) is 3. The van der Waals surface area contributed by atoms with Crippen molar-refractivity contribution < 1.29 is 22.8 Å². The molecule has 4 rings (SSSR count). The summed E-state index contributed by atoms with van der Waals surface area (Å²) >= 11 is 1.33. The standard InChI is InChI=1S/C30H37N5O5S2/c1-4-16-35(17-5-2)42(39,40)24-13-11-23(12-14-24)28(37)31-30-27(29(38)33-32-21(3)36)25-15-18-34(20-26(25)41-30)19-22-9-7-6-8-10-22/h6-14H,4-5,15-20H2,1-3H3,(H,31,37)(H,32,36)(H,33,38). The van der Waals surface area contributed by atoms with Crippen LogP contribution in [0.3, 0.4) is 0 Å². The minimum Gasteiger partial charge on any atom is -0.313 e. The highest BCUT2D eigenvalue weighted by Gasteiger charge is 2.29. The Morgan fingerprint density at radius 3 is 2.21 bits per heavy atom. The first-order valence-electron chi connectivity index (χ1n) is 14.0. The molecule has 12 heteroatoms. The number of nitrogens with one attached hydrogen (secondary N) is 3. The Morgan fingerprint density at radius 1 is 0.929 bits per heavy atom. The van der Waals surface area contributed by atoms with E-state index < -0.39 is 27.7 Å². The fourth-order valence-corrected chi connectivity index (χ4v) is 7.83. The quantitative estimate of drug-likeness (QED) is 0.280. The van der Waals surface area contributed by atoms with E-state index in [9.17, 15) is 22.8 Å². The van der Waals surface area contributed by atoms with E-state index in [-0.39, 0.29) is 10.5 Å². The van der Waals surface area contributed by atoms with Crippen LogP contribution >= 0.6 is 11.3 Å². The van der Waals surface area contributed by atoms with Crippen LogP contribution in [-0.2, 0) is 34.3 Å². The third-order valence-electron chi connectivity index (χ3n) is 6.89. The van der Waals surface area contributed by atoms with Crippen molar-refractivity contribution in [2.24, 2.45) is 0 Å². The van der Waals surface area contributed by atoms with E-state index in [2.05, 4.69) is 33.2 Å². The van der Waals surface area contributed by atoms with E-state index >= 15 is 0 Å². The molecule has 1 aliphatic rings. The number of amides is 3. The van der Waals surface area contributed by atoms with E-state index in [1.807, 2.05) is 32.0 Å². The number of anilines is 1. The minimum absolute atomic E-state index is 0.126. The van der Waals surface area contributed by atoms with Crippen molar-refractivity contribution in [1.82, 2.24) is 20.1 Å². The normalized spacial score (nSPS) is 13.4. The lowest BCUT2D eigenvalue weighted by molar-refractivity contribution is -0.119. The number of fused-ring (bicyclic) bond motifs is 1. The van der Waals surface area contributed by atoms with Crippen molar-refractivity contribution in [1.29, 1.82) is 0 Å². The van der Waals surface area contributed by atoms with Crippen molar-refractivity contribution in [3.63, 3.8) is 0 Å². The second-order valence-corrected chi connectivity index (χ2v) is 13.2. The summed E-state index contributed by atoms with van der Waals surface area (Å²) in [4.78, 5) is 41.3. The van der Waals surface area contributed by atoms with Gasteiger partial charge in [0.25, 0.3) is 11.8 Å². The van der Waals surface area contributed by atoms with Crippen LogP contribution < -0.4 is 16.2 Å². The fraction of sp³-hybridized carbons (Fsp3) is 0.367. The van der Waals surface area contributed by atoms with Crippen LogP contribution in [0.25, 0.3) is 0 Å². The predicted molar refractivity (Wildman–Crippen MR) is 164 cm³/mol. The van der Waals surface area contributed by atoms with Crippen LogP contribution in [-0.4, -0.2) is 55.0 Å². The summed E-state index contributed by atoms with van der Waals surface area (Å²) in [5, 5.41) is 3.24. The number of hydrogen-bond acceptors (Lipinski definition) is 7. The van der Waals surface area contributed by atoms with Gasteiger partial charge in [0.2, 0.25) is 15.9 Å². The second kappa shape index (κ2) is 14.1. The number of carbonyl (C=O) groups is 3. The van der Waals surface area contributed by atoms with Gasteiger partial charge in [0, 0.05) is 50.1 Å². The number of hydrazine groups is 1. The zero-order chi connectivity index (χ0) is 30.3. The smallest absolute Gasteiger partial charge is 0.272 e. The van der Waals surface area contributed by atoms with Gasteiger partial charge in [0.15, 0.2) is 0 Å².